The van der Waals surface area contributed by atoms with Gasteiger partial charge in [0.15, 0.2) is 5.54 Å². The van der Waals surface area contributed by atoms with Crippen LogP contribution in [0.5, 0.6) is 11.5 Å². The van der Waals surface area contributed by atoms with Crippen molar-refractivity contribution in [1.29, 1.82) is 0 Å². The summed E-state index contributed by atoms with van der Waals surface area (Å²) in [6.45, 7) is 27.6. The minimum atomic E-state index is -4.78. The molecule has 386 valence electrons. The zero-order chi connectivity index (χ0) is 53.1. The highest BCUT2D eigenvalue weighted by Crippen LogP contribution is 2.47. The first-order valence-electron chi connectivity index (χ1n) is 23.7. The van der Waals surface area contributed by atoms with Crippen molar-refractivity contribution in [1.82, 2.24) is 19.4 Å². The molecule has 20 heteroatoms. The average molecular weight is 1020 g/mol. The molecule has 71 heavy (non-hydrogen) atoms. The van der Waals surface area contributed by atoms with Crippen molar-refractivity contribution in [3.63, 3.8) is 0 Å². The van der Waals surface area contributed by atoms with Crippen molar-refractivity contribution in [2.75, 3.05) is 69.8 Å². The van der Waals surface area contributed by atoms with Crippen LogP contribution in [-0.2, 0) is 34.7 Å². The van der Waals surface area contributed by atoms with Crippen molar-refractivity contribution in [2.45, 2.75) is 93.2 Å². The Balaban J connectivity index is 0.000000586. The maximum atomic E-state index is 13.2. The van der Waals surface area contributed by atoms with Gasteiger partial charge in [-0.3, -0.25) is 14.1 Å². The number of amides is 2. The number of imide groups is 1. The molecular formula is C51H67N5O13S2. The van der Waals surface area contributed by atoms with Crippen molar-refractivity contribution in [3.05, 3.63) is 98.6 Å². The Morgan fingerprint density at radius 2 is 1.31 bits per heavy atom. The normalized spacial score (nSPS) is 16.6. The topological polar surface area (TPSA) is 235 Å². The zero-order valence-electron chi connectivity index (χ0n) is 42.7. The van der Waals surface area contributed by atoms with Gasteiger partial charge in [0.05, 0.1) is 44.2 Å². The molecule has 0 unspecified atom stereocenters. The van der Waals surface area contributed by atoms with E-state index in [2.05, 4.69) is 51.3 Å². The number of rotatable bonds is 14. The van der Waals surface area contributed by atoms with Crippen LogP contribution in [0.15, 0.2) is 54.6 Å². The number of benzene rings is 3. The summed E-state index contributed by atoms with van der Waals surface area (Å²) in [4.78, 5) is 62.2. The molecule has 3 aromatic rings. The van der Waals surface area contributed by atoms with Crippen LogP contribution in [-0.4, -0.2) is 146 Å². The number of nitrogens with zero attached hydrogens (tertiary/aromatic N) is 5. The minimum absolute atomic E-state index is 0.0364. The third kappa shape index (κ3) is 12.6. The lowest BCUT2D eigenvalue weighted by Crippen LogP contribution is -2.47. The second kappa shape index (κ2) is 21.9. The van der Waals surface area contributed by atoms with Gasteiger partial charge < -0.3 is 33.9 Å². The fraction of sp³-hybridized carbons (Fsp3) is 0.471. The molecule has 0 aliphatic carbocycles. The maximum absolute atomic E-state index is 13.2. The Morgan fingerprint density at radius 1 is 0.761 bits per heavy atom. The molecule has 0 bridgehead atoms. The number of carboxylic acids is 1. The summed E-state index contributed by atoms with van der Waals surface area (Å²) in [5.74, 6) is -5.25. The van der Waals surface area contributed by atoms with E-state index in [0.29, 0.717) is 27.2 Å². The highest BCUT2D eigenvalue weighted by molar-refractivity contribution is 7.86. The molecule has 1 fully saturated rings. The number of hydrogen-bond acceptors (Lipinski definition) is 14. The van der Waals surface area contributed by atoms with E-state index in [1.807, 2.05) is 37.2 Å². The van der Waals surface area contributed by atoms with Gasteiger partial charge in [-0.15, -0.1) is 5.06 Å². The SMILES string of the molecule is CCN(CC)CC.CCN(CC)CC.CN1c2cc3c(cc2C(CS(=O)(=O)O)=CC1(C)C)C(c1ccc(C(=O)ON2C(=O)CCC2=O)cc1C(=O)O)=c1cc2c(cc1O3)=[N+](C)C(C)(C)C=C2CS(=O)(=O)[O-]. The Hall–Kier alpha value is -5.77. The quantitative estimate of drug-likeness (QED) is 0.0961. The van der Waals surface area contributed by atoms with Gasteiger partial charge in [-0.2, -0.15) is 8.42 Å². The number of aromatic carboxylic acids is 1. The third-order valence-electron chi connectivity index (χ3n) is 13.4. The van der Waals surface area contributed by atoms with Gasteiger partial charge in [0, 0.05) is 67.4 Å². The molecule has 0 spiro atoms. The van der Waals surface area contributed by atoms with Gasteiger partial charge in [0.25, 0.3) is 21.9 Å². The van der Waals surface area contributed by atoms with Crippen LogP contribution >= 0.6 is 0 Å². The molecule has 0 saturated carbocycles. The number of anilines is 1. The molecule has 4 heterocycles. The summed E-state index contributed by atoms with van der Waals surface area (Å²) >= 11 is 0. The van der Waals surface area contributed by atoms with Gasteiger partial charge in [0.2, 0.25) is 5.36 Å². The fourth-order valence-corrected chi connectivity index (χ4v) is 10.2. The molecule has 0 aromatic heterocycles. The molecule has 2 amide bonds. The van der Waals surface area contributed by atoms with Gasteiger partial charge in [-0.1, -0.05) is 53.7 Å². The third-order valence-corrected chi connectivity index (χ3v) is 14.8. The van der Waals surface area contributed by atoms with E-state index >= 15 is 0 Å². The number of hydroxylamine groups is 2. The second-order valence-electron chi connectivity index (χ2n) is 18.7. The lowest BCUT2D eigenvalue weighted by Gasteiger charge is -2.41. The Morgan fingerprint density at radius 3 is 1.80 bits per heavy atom. The lowest BCUT2D eigenvalue weighted by atomic mass is 9.83. The van der Waals surface area contributed by atoms with Crippen LogP contribution in [0.3, 0.4) is 0 Å². The Labute approximate surface area is 417 Å². The highest BCUT2D eigenvalue weighted by Gasteiger charge is 2.38. The Bertz CT molecular complexity index is 3000. The number of carbonyl (C=O) groups excluding carboxylic acids is 3. The Kier molecular flexibility index (Phi) is 17.3. The van der Waals surface area contributed by atoms with Crippen molar-refractivity contribution in [3.8, 4) is 11.5 Å². The summed E-state index contributed by atoms with van der Waals surface area (Å²) < 4.78 is 79.5. The van der Waals surface area contributed by atoms with Gasteiger partial charge >= 0.3 is 11.9 Å². The van der Waals surface area contributed by atoms with E-state index in [1.54, 1.807) is 50.5 Å². The van der Waals surface area contributed by atoms with Gasteiger partial charge in [-0.05, 0) is 100 Å². The van der Waals surface area contributed by atoms with Crippen LogP contribution < -0.4 is 24.8 Å². The number of carboxylic acid groups (broad SMARTS) is 1. The van der Waals surface area contributed by atoms with Crippen molar-refractivity contribution >= 4 is 66.4 Å². The largest absolute Gasteiger partial charge is 0.748 e. The second-order valence-corrected chi connectivity index (χ2v) is 21.5. The first-order valence-corrected chi connectivity index (χ1v) is 26.9. The summed E-state index contributed by atoms with van der Waals surface area (Å²) in [5.41, 5.74) is 0.0378. The molecule has 1 saturated heterocycles. The highest BCUT2D eigenvalue weighted by atomic mass is 32.2. The number of ether oxygens (including phenoxy) is 1. The average Bonchev–Trinajstić information content (AvgIpc) is 3.60. The van der Waals surface area contributed by atoms with Crippen molar-refractivity contribution in [2.24, 2.45) is 0 Å². The van der Waals surface area contributed by atoms with Gasteiger partial charge in [0.1, 0.15) is 24.3 Å². The molecule has 0 atom stereocenters. The fourth-order valence-electron chi connectivity index (χ4n) is 8.97. The zero-order valence-corrected chi connectivity index (χ0v) is 44.3. The van der Waals surface area contributed by atoms with Crippen LogP contribution in [0.2, 0.25) is 0 Å². The number of fused-ring (bicyclic) bond motifs is 4. The van der Waals surface area contributed by atoms with E-state index in [4.69, 9.17) is 9.57 Å². The standard InChI is InChI=1S/C39H37N3O13S2.2C6H15N/c1-38(2)16-21(18-56(48,49)50)24-12-27-31(14-29(24)40(38)5)54-32-15-30-25(22(19-57(51,52)53)17-39(3,4)41(30)6)13-28(32)35(27)23-8-7-20(11-26(23)36(45)46)37(47)55-42-33(43)9-10-34(42)44;2*1-4-7(5-2)6-3/h7-8,11-17H,9-10,18-19H2,1-6H3,(H2-,45,46,48,49,50,51,52,53);2*4-6H2,1-3H3. The smallest absolute Gasteiger partial charge is 0.363 e. The molecular weight excluding hydrogens is 955 g/mol. The monoisotopic (exact) mass is 1020 g/mol. The summed E-state index contributed by atoms with van der Waals surface area (Å²) in [6.07, 6.45) is 3.04. The molecule has 7 rings (SSSR count). The number of hydrogen-bond donors (Lipinski definition) is 2. The molecule has 4 aliphatic rings. The first-order chi connectivity index (χ1) is 33.0. The van der Waals surface area contributed by atoms with E-state index in [1.165, 1.54) is 51.4 Å². The van der Waals surface area contributed by atoms with E-state index in [0.717, 1.165) is 6.07 Å². The van der Waals surface area contributed by atoms with E-state index in [-0.39, 0.29) is 63.0 Å². The van der Waals surface area contributed by atoms with Crippen LogP contribution in [0.4, 0.5) is 5.69 Å². The number of likely N-dealkylation sites (N-methyl/N-ethyl adjacent to an activating group) is 2. The maximum Gasteiger partial charge on any atom is 0.363 e. The van der Waals surface area contributed by atoms with Gasteiger partial charge in [-0.25, -0.2) is 22.6 Å². The minimum Gasteiger partial charge on any atom is -0.748 e. The summed E-state index contributed by atoms with van der Waals surface area (Å²) in [6, 6.07) is 10.1. The first kappa shape index (κ1) is 56.1. The number of carbonyl (C=O) groups is 4. The molecule has 0 radical (unpaired) electrons. The van der Waals surface area contributed by atoms with E-state index in [9.17, 15) is 50.2 Å². The van der Waals surface area contributed by atoms with Crippen LogP contribution in [0.1, 0.15) is 125 Å². The molecule has 4 aliphatic heterocycles. The van der Waals surface area contributed by atoms with Crippen LogP contribution in [0, 0.1) is 0 Å². The molecule has 3 aromatic carbocycles. The predicted molar refractivity (Wildman–Crippen MR) is 271 cm³/mol. The molecule has 2 N–H and O–H groups in total. The molecule has 18 nitrogen and oxygen atoms in total. The van der Waals surface area contributed by atoms with Crippen molar-refractivity contribution < 1.29 is 59.8 Å². The van der Waals surface area contributed by atoms with Crippen LogP contribution in [0.25, 0.3) is 16.7 Å². The lowest BCUT2D eigenvalue weighted by molar-refractivity contribution is -0.172. The summed E-state index contributed by atoms with van der Waals surface area (Å²) in [5, 5.41) is 11.7. The summed E-state index contributed by atoms with van der Waals surface area (Å²) in [7, 11) is -5.75. The van der Waals surface area contributed by atoms with E-state index < -0.39 is 72.1 Å². The predicted octanol–water partition coefficient (Wildman–Crippen LogP) is 5.00.